The van der Waals surface area contributed by atoms with Crippen LogP contribution in [-0.2, 0) is 6.54 Å². The maximum absolute atomic E-state index is 10.9. The second-order valence-corrected chi connectivity index (χ2v) is 4.17. The van der Waals surface area contributed by atoms with E-state index in [1.807, 2.05) is 18.3 Å². The number of aldehydes is 1. The molecule has 0 radical (unpaired) electrons. The summed E-state index contributed by atoms with van der Waals surface area (Å²) < 4.78 is 2.11. The summed E-state index contributed by atoms with van der Waals surface area (Å²) in [5, 5.41) is 0.966. The van der Waals surface area contributed by atoms with Crippen molar-refractivity contribution < 1.29 is 4.79 Å². The van der Waals surface area contributed by atoms with Crippen LogP contribution >= 0.6 is 0 Å². The van der Waals surface area contributed by atoms with Crippen LogP contribution in [0.1, 0.15) is 23.2 Å². The van der Waals surface area contributed by atoms with Gasteiger partial charge in [-0.1, -0.05) is 0 Å². The van der Waals surface area contributed by atoms with Gasteiger partial charge in [-0.2, -0.15) is 0 Å². The number of aromatic nitrogens is 2. The summed E-state index contributed by atoms with van der Waals surface area (Å²) in [5.41, 5.74) is 1.69. The van der Waals surface area contributed by atoms with Gasteiger partial charge < -0.3 is 4.57 Å². The molecule has 0 aromatic carbocycles. The van der Waals surface area contributed by atoms with E-state index in [4.69, 9.17) is 0 Å². The third-order valence-corrected chi connectivity index (χ3v) is 2.94. The first-order valence-electron chi connectivity index (χ1n) is 5.27. The number of hydrogen-bond donors (Lipinski definition) is 0. The quantitative estimate of drug-likeness (QED) is 0.712. The molecule has 0 unspecified atom stereocenters. The maximum Gasteiger partial charge on any atom is 0.152 e. The molecule has 2 aromatic heterocycles. The van der Waals surface area contributed by atoms with Gasteiger partial charge in [-0.25, -0.2) is 4.98 Å². The summed E-state index contributed by atoms with van der Waals surface area (Å²) in [7, 11) is 0. The van der Waals surface area contributed by atoms with Gasteiger partial charge in [0.15, 0.2) is 6.29 Å². The Balaban J connectivity index is 2.15. The van der Waals surface area contributed by atoms with Gasteiger partial charge in [0.05, 0.1) is 0 Å². The molecule has 1 saturated carbocycles. The molecule has 0 spiro atoms. The molecule has 3 nitrogen and oxygen atoms in total. The molecule has 0 atom stereocenters. The van der Waals surface area contributed by atoms with Crippen LogP contribution in [0.4, 0.5) is 0 Å². The van der Waals surface area contributed by atoms with Crippen LogP contribution in [0, 0.1) is 5.92 Å². The SMILES string of the molecule is O=Cc1cn(CC2CC2)c2ncccc12. The third kappa shape index (κ3) is 1.44. The molecular formula is C12H12N2O. The Bertz CT molecular complexity index is 511. The van der Waals surface area contributed by atoms with Gasteiger partial charge in [-0.05, 0) is 30.9 Å². The second-order valence-electron chi connectivity index (χ2n) is 4.17. The largest absolute Gasteiger partial charge is 0.331 e. The van der Waals surface area contributed by atoms with Crippen molar-refractivity contribution in [3.05, 3.63) is 30.1 Å². The smallest absolute Gasteiger partial charge is 0.152 e. The highest BCUT2D eigenvalue weighted by molar-refractivity contribution is 5.95. The van der Waals surface area contributed by atoms with Gasteiger partial charge in [-0.3, -0.25) is 4.79 Å². The Labute approximate surface area is 87.7 Å². The zero-order valence-electron chi connectivity index (χ0n) is 8.39. The van der Waals surface area contributed by atoms with Crippen LogP contribution < -0.4 is 0 Å². The van der Waals surface area contributed by atoms with Gasteiger partial charge in [0.2, 0.25) is 0 Å². The van der Waals surface area contributed by atoms with Crippen molar-refractivity contribution in [2.24, 2.45) is 5.92 Å². The van der Waals surface area contributed by atoms with Crippen LogP contribution in [0.5, 0.6) is 0 Å². The summed E-state index contributed by atoms with van der Waals surface area (Å²) in [6.07, 6.45) is 7.22. The van der Waals surface area contributed by atoms with E-state index >= 15 is 0 Å². The van der Waals surface area contributed by atoms with Crippen LogP contribution in [0.25, 0.3) is 11.0 Å². The van der Waals surface area contributed by atoms with Crippen LogP contribution in [0.3, 0.4) is 0 Å². The fourth-order valence-electron chi connectivity index (χ4n) is 1.96. The lowest BCUT2D eigenvalue weighted by Crippen LogP contribution is -1.98. The molecule has 2 aromatic rings. The fraction of sp³-hybridized carbons (Fsp3) is 0.333. The lowest BCUT2D eigenvalue weighted by Gasteiger charge is -2.01. The highest BCUT2D eigenvalue weighted by Gasteiger charge is 2.22. The van der Waals surface area contributed by atoms with Gasteiger partial charge in [0, 0.05) is 29.9 Å². The van der Waals surface area contributed by atoms with Gasteiger partial charge in [0.25, 0.3) is 0 Å². The van der Waals surface area contributed by atoms with Crippen molar-refractivity contribution >= 4 is 17.3 Å². The first-order chi connectivity index (χ1) is 7.38. The van der Waals surface area contributed by atoms with Crippen molar-refractivity contribution in [2.45, 2.75) is 19.4 Å². The van der Waals surface area contributed by atoms with Crippen molar-refractivity contribution in [3.8, 4) is 0 Å². The molecule has 1 aliphatic rings. The van der Waals surface area contributed by atoms with E-state index < -0.39 is 0 Å². The first-order valence-corrected chi connectivity index (χ1v) is 5.27. The summed E-state index contributed by atoms with van der Waals surface area (Å²) in [6, 6.07) is 3.83. The maximum atomic E-state index is 10.9. The molecule has 2 heterocycles. The molecule has 3 rings (SSSR count). The zero-order valence-corrected chi connectivity index (χ0v) is 8.39. The lowest BCUT2D eigenvalue weighted by atomic mass is 10.2. The predicted octanol–water partition coefficient (Wildman–Crippen LogP) is 2.26. The molecule has 0 saturated heterocycles. The predicted molar refractivity (Wildman–Crippen MR) is 57.8 cm³/mol. The second kappa shape index (κ2) is 3.19. The number of nitrogens with zero attached hydrogens (tertiary/aromatic N) is 2. The summed E-state index contributed by atoms with van der Waals surface area (Å²) in [4.78, 5) is 15.2. The number of hydrogen-bond acceptors (Lipinski definition) is 2. The number of pyridine rings is 1. The van der Waals surface area contributed by atoms with Gasteiger partial charge in [-0.15, -0.1) is 0 Å². The van der Waals surface area contributed by atoms with Crippen molar-refractivity contribution in [2.75, 3.05) is 0 Å². The standard InChI is InChI=1S/C12H12N2O/c15-8-10-7-14(6-9-3-4-9)12-11(10)2-1-5-13-12/h1-2,5,7-9H,3-4,6H2. The van der Waals surface area contributed by atoms with Gasteiger partial charge in [0.1, 0.15) is 5.65 Å². The molecule has 1 fully saturated rings. The molecule has 76 valence electrons. The Morgan fingerprint density at radius 2 is 2.40 bits per heavy atom. The Hall–Kier alpha value is -1.64. The van der Waals surface area contributed by atoms with E-state index in [1.54, 1.807) is 6.20 Å². The molecule has 0 amide bonds. The fourth-order valence-corrected chi connectivity index (χ4v) is 1.96. The third-order valence-electron chi connectivity index (χ3n) is 2.94. The number of carbonyl (C=O) groups is 1. The van der Waals surface area contributed by atoms with E-state index in [0.717, 1.165) is 35.3 Å². The molecule has 15 heavy (non-hydrogen) atoms. The summed E-state index contributed by atoms with van der Waals surface area (Å²) in [6.45, 7) is 1.00. The summed E-state index contributed by atoms with van der Waals surface area (Å²) >= 11 is 0. The molecule has 0 N–H and O–H groups in total. The molecule has 0 bridgehead atoms. The molecule has 0 aliphatic heterocycles. The average Bonchev–Trinajstić information content (AvgIpc) is 3.01. The van der Waals surface area contributed by atoms with E-state index in [9.17, 15) is 4.79 Å². The van der Waals surface area contributed by atoms with Crippen molar-refractivity contribution in [1.82, 2.24) is 9.55 Å². The number of carbonyl (C=O) groups excluding carboxylic acids is 1. The highest BCUT2D eigenvalue weighted by Crippen LogP contribution is 2.32. The first kappa shape index (κ1) is 8.65. The minimum Gasteiger partial charge on any atom is -0.331 e. The monoisotopic (exact) mass is 200 g/mol. The number of rotatable bonds is 3. The number of fused-ring (bicyclic) bond motifs is 1. The average molecular weight is 200 g/mol. The summed E-state index contributed by atoms with van der Waals surface area (Å²) in [5.74, 6) is 0.794. The normalized spacial score (nSPS) is 15.7. The lowest BCUT2D eigenvalue weighted by molar-refractivity contribution is 0.112. The van der Waals surface area contributed by atoms with Crippen molar-refractivity contribution in [1.29, 1.82) is 0 Å². The Morgan fingerprint density at radius 3 is 3.13 bits per heavy atom. The van der Waals surface area contributed by atoms with Crippen LogP contribution in [-0.4, -0.2) is 15.8 Å². The van der Waals surface area contributed by atoms with E-state index in [-0.39, 0.29) is 0 Å². The van der Waals surface area contributed by atoms with Crippen LogP contribution in [0.15, 0.2) is 24.5 Å². The van der Waals surface area contributed by atoms with E-state index in [2.05, 4.69) is 9.55 Å². The van der Waals surface area contributed by atoms with Crippen LogP contribution in [0.2, 0.25) is 0 Å². The molecule has 1 aliphatic carbocycles. The van der Waals surface area contributed by atoms with Gasteiger partial charge >= 0.3 is 0 Å². The minimum atomic E-state index is 0.749. The van der Waals surface area contributed by atoms with E-state index in [0.29, 0.717) is 0 Å². The Morgan fingerprint density at radius 1 is 1.53 bits per heavy atom. The van der Waals surface area contributed by atoms with E-state index in [1.165, 1.54) is 12.8 Å². The molecule has 3 heteroatoms. The van der Waals surface area contributed by atoms with Crippen molar-refractivity contribution in [3.63, 3.8) is 0 Å². The zero-order chi connectivity index (χ0) is 10.3. The highest BCUT2D eigenvalue weighted by atomic mass is 16.1. The minimum absolute atomic E-state index is 0.749. The Kier molecular flexibility index (Phi) is 1.84. The molecular weight excluding hydrogens is 188 g/mol. The topological polar surface area (TPSA) is 34.9 Å².